The van der Waals surface area contributed by atoms with Crippen molar-refractivity contribution in [3.8, 4) is 28.4 Å². The zero-order valence-electron chi connectivity index (χ0n) is 33.3. The van der Waals surface area contributed by atoms with Gasteiger partial charge in [-0.1, -0.05) is 120 Å². The van der Waals surface area contributed by atoms with E-state index in [9.17, 15) is 5.11 Å². The van der Waals surface area contributed by atoms with E-state index < -0.39 is 0 Å². The molecule has 0 aliphatic rings. The number of furan rings is 2. The van der Waals surface area contributed by atoms with Gasteiger partial charge in [-0.15, -0.1) is 0 Å². The Morgan fingerprint density at radius 1 is 0.569 bits per heavy atom. The van der Waals surface area contributed by atoms with Gasteiger partial charge in [0.15, 0.2) is 11.4 Å². The Bertz CT molecular complexity index is 3220. The molecule has 4 aromatic heterocycles. The molecule has 0 unspecified atom stereocenters. The maximum Gasteiger partial charge on any atom is 0.180 e. The summed E-state index contributed by atoms with van der Waals surface area (Å²) in [6, 6.07) is 45.1. The molecule has 0 aliphatic carbocycles. The average molecular weight is 759 g/mol. The third-order valence-electron chi connectivity index (χ3n) is 11.1. The van der Waals surface area contributed by atoms with Crippen molar-refractivity contribution in [2.45, 2.75) is 52.4 Å². The molecular formula is C51H42N4O3. The highest BCUT2D eigenvalue weighted by atomic mass is 16.3. The van der Waals surface area contributed by atoms with Crippen molar-refractivity contribution < 1.29 is 13.9 Å². The SMILES string of the molecule is CC(C)(C)c1cc(-c2nc(-c3cc(N(c4ccccn4)c4cccc5ccccc45)cc4c3oc3ccccc34)nc3c2oc2ccccc23)c(O)c(C(C)(C)C)c1. The molecule has 0 fully saturated rings. The van der Waals surface area contributed by atoms with E-state index in [4.69, 9.17) is 23.8 Å². The highest BCUT2D eigenvalue weighted by Gasteiger charge is 2.30. The molecule has 58 heavy (non-hydrogen) atoms. The van der Waals surface area contributed by atoms with Gasteiger partial charge in [0, 0.05) is 44.6 Å². The van der Waals surface area contributed by atoms with Gasteiger partial charge in [0.2, 0.25) is 0 Å². The lowest BCUT2D eigenvalue weighted by molar-refractivity contribution is 0.446. The second kappa shape index (κ2) is 13.0. The third kappa shape index (κ3) is 5.76. The van der Waals surface area contributed by atoms with Crippen LogP contribution in [0.5, 0.6) is 5.75 Å². The zero-order valence-corrected chi connectivity index (χ0v) is 33.3. The summed E-state index contributed by atoms with van der Waals surface area (Å²) in [7, 11) is 0. The van der Waals surface area contributed by atoms with E-state index in [0.717, 1.165) is 60.8 Å². The number of nitrogens with zero attached hydrogens (tertiary/aromatic N) is 4. The molecular weight excluding hydrogens is 717 g/mol. The molecule has 0 radical (unpaired) electrons. The number of aromatic hydroxyl groups is 1. The van der Waals surface area contributed by atoms with Crippen LogP contribution < -0.4 is 4.90 Å². The fourth-order valence-electron chi connectivity index (χ4n) is 8.10. The van der Waals surface area contributed by atoms with Gasteiger partial charge >= 0.3 is 0 Å². The molecule has 0 spiro atoms. The third-order valence-corrected chi connectivity index (χ3v) is 11.1. The van der Waals surface area contributed by atoms with Gasteiger partial charge in [-0.2, -0.15) is 0 Å². The first-order valence-electron chi connectivity index (χ1n) is 19.7. The number of aromatic nitrogens is 3. The molecule has 0 saturated carbocycles. The van der Waals surface area contributed by atoms with E-state index in [-0.39, 0.29) is 16.6 Å². The number of anilines is 3. The Morgan fingerprint density at radius 2 is 1.24 bits per heavy atom. The largest absolute Gasteiger partial charge is 0.507 e. The van der Waals surface area contributed by atoms with Crippen molar-refractivity contribution in [3.63, 3.8) is 0 Å². The summed E-state index contributed by atoms with van der Waals surface area (Å²) < 4.78 is 13.4. The molecule has 4 heterocycles. The van der Waals surface area contributed by atoms with Crippen molar-refractivity contribution in [2.24, 2.45) is 0 Å². The van der Waals surface area contributed by atoms with Gasteiger partial charge in [-0.25, -0.2) is 15.0 Å². The second-order valence-electron chi connectivity index (χ2n) is 17.1. The first-order valence-corrected chi connectivity index (χ1v) is 19.7. The Morgan fingerprint density at radius 3 is 1.98 bits per heavy atom. The molecule has 0 amide bonds. The van der Waals surface area contributed by atoms with E-state index >= 15 is 0 Å². The smallest absolute Gasteiger partial charge is 0.180 e. The second-order valence-corrected chi connectivity index (χ2v) is 17.1. The fourth-order valence-corrected chi connectivity index (χ4v) is 8.10. The standard InChI is InChI=1S/C51H42N4O3/c1-50(2,3)31-26-37(46(56)39(27-31)51(4,5)6)45-48-44(35-20-10-12-23-42(35)58-48)53-49(54-45)38-29-32(28-36-34-19-9-11-22-41(34)57-47(36)38)55(43-24-13-14-25-52-43)40-21-15-17-30-16-7-8-18-33(30)40/h7-29,56H,1-6H3. The monoisotopic (exact) mass is 758 g/mol. The predicted octanol–water partition coefficient (Wildman–Crippen LogP) is 13.9. The Kier molecular flexibility index (Phi) is 7.96. The summed E-state index contributed by atoms with van der Waals surface area (Å²) in [5.74, 6) is 1.37. The molecule has 0 bridgehead atoms. The number of fused-ring (bicyclic) bond motifs is 7. The van der Waals surface area contributed by atoms with Gasteiger partial charge < -0.3 is 13.9 Å². The number of pyridine rings is 1. The molecule has 284 valence electrons. The molecule has 0 saturated heterocycles. The van der Waals surface area contributed by atoms with Gasteiger partial charge in [-0.3, -0.25) is 4.90 Å². The summed E-state index contributed by atoms with van der Waals surface area (Å²) >= 11 is 0. The molecule has 10 rings (SSSR count). The minimum absolute atomic E-state index is 0.173. The lowest BCUT2D eigenvalue weighted by Gasteiger charge is -2.27. The molecule has 7 nitrogen and oxygen atoms in total. The normalized spacial score (nSPS) is 12.4. The highest BCUT2D eigenvalue weighted by Crippen LogP contribution is 2.47. The van der Waals surface area contributed by atoms with E-state index in [1.165, 1.54) is 0 Å². The van der Waals surface area contributed by atoms with E-state index in [1.807, 2.05) is 66.9 Å². The molecule has 1 N–H and O–H groups in total. The maximum absolute atomic E-state index is 12.3. The van der Waals surface area contributed by atoms with Crippen LogP contribution in [0.25, 0.3) is 77.4 Å². The van der Waals surface area contributed by atoms with Gasteiger partial charge in [-0.05, 0) is 76.4 Å². The van der Waals surface area contributed by atoms with Crippen LogP contribution in [0.2, 0.25) is 0 Å². The maximum atomic E-state index is 12.3. The first-order chi connectivity index (χ1) is 27.9. The van der Waals surface area contributed by atoms with E-state index in [2.05, 4.69) is 119 Å². The van der Waals surface area contributed by atoms with Gasteiger partial charge in [0.1, 0.15) is 39.5 Å². The summed E-state index contributed by atoms with van der Waals surface area (Å²) in [5, 5.41) is 17.2. The van der Waals surface area contributed by atoms with Gasteiger partial charge in [0.25, 0.3) is 0 Å². The average Bonchev–Trinajstić information content (AvgIpc) is 3.79. The van der Waals surface area contributed by atoms with Crippen molar-refractivity contribution >= 4 is 72.0 Å². The van der Waals surface area contributed by atoms with Crippen LogP contribution in [0.3, 0.4) is 0 Å². The minimum Gasteiger partial charge on any atom is -0.507 e. The van der Waals surface area contributed by atoms with Crippen LogP contribution >= 0.6 is 0 Å². The van der Waals surface area contributed by atoms with Crippen LogP contribution in [0, 0.1) is 0 Å². The van der Waals surface area contributed by atoms with Crippen molar-refractivity contribution in [1.82, 2.24) is 15.0 Å². The number of hydrogen-bond donors (Lipinski definition) is 1. The van der Waals surface area contributed by atoms with Crippen molar-refractivity contribution in [3.05, 3.63) is 151 Å². The van der Waals surface area contributed by atoms with E-state index in [0.29, 0.717) is 44.9 Å². The number of para-hydroxylation sites is 2. The lowest BCUT2D eigenvalue weighted by Crippen LogP contribution is -2.17. The van der Waals surface area contributed by atoms with Crippen LogP contribution in [0.1, 0.15) is 52.7 Å². The number of benzene rings is 6. The fraction of sp³-hybridized carbons (Fsp3) is 0.157. The quantitative estimate of drug-likeness (QED) is 0.187. The summed E-state index contributed by atoms with van der Waals surface area (Å²) in [6.07, 6.45) is 1.82. The highest BCUT2D eigenvalue weighted by molar-refractivity contribution is 6.13. The Labute approximate surface area is 336 Å². The molecule has 6 aromatic carbocycles. The number of phenolic OH excluding ortho intramolecular Hbond substituents is 1. The lowest BCUT2D eigenvalue weighted by atomic mass is 9.78. The molecule has 7 heteroatoms. The zero-order chi connectivity index (χ0) is 39.9. The van der Waals surface area contributed by atoms with Crippen LogP contribution in [-0.4, -0.2) is 20.1 Å². The molecule has 10 aromatic rings. The Balaban J connectivity index is 1.33. The first kappa shape index (κ1) is 35.4. The minimum atomic E-state index is -0.353. The number of hydrogen-bond acceptors (Lipinski definition) is 7. The van der Waals surface area contributed by atoms with Gasteiger partial charge in [0.05, 0.1) is 11.3 Å². The molecule has 0 atom stereocenters. The summed E-state index contributed by atoms with van der Waals surface area (Å²) in [5.41, 5.74) is 8.25. The van der Waals surface area contributed by atoms with Crippen LogP contribution in [-0.2, 0) is 10.8 Å². The van der Waals surface area contributed by atoms with Crippen LogP contribution in [0.4, 0.5) is 17.2 Å². The van der Waals surface area contributed by atoms with Crippen molar-refractivity contribution in [2.75, 3.05) is 4.90 Å². The summed E-state index contributed by atoms with van der Waals surface area (Å²) in [4.78, 5) is 17.8. The molecule has 0 aliphatic heterocycles. The predicted molar refractivity (Wildman–Crippen MR) is 237 cm³/mol. The van der Waals surface area contributed by atoms with E-state index in [1.54, 1.807) is 0 Å². The van der Waals surface area contributed by atoms with Crippen molar-refractivity contribution in [1.29, 1.82) is 0 Å². The number of rotatable bonds is 5. The Hall–Kier alpha value is -6.99. The summed E-state index contributed by atoms with van der Waals surface area (Å²) in [6.45, 7) is 12.9. The number of phenols is 1. The van der Waals surface area contributed by atoms with Crippen LogP contribution in [0.15, 0.2) is 148 Å². The topological polar surface area (TPSA) is 88.4 Å².